The van der Waals surface area contributed by atoms with E-state index < -0.39 is 18.3 Å². The van der Waals surface area contributed by atoms with Gasteiger partial charge in [-0.25, -0.2) is 9.37 Å². The molecule has 0 saturated carbocycles. The molecule has 1 fully saturated rings. The first-order chi connectivity index (χ1) is 10.2. The van der Waals surface area contributed by atoms with Crippen molar-refractivity contribution in [1.29, 1.82) is 0 Å². The first-order valence-electron chi connectivity index (χ1n) is 7.35. The van der Waals surface area contributed by atoms with Crippen molar-refractivity contribution in [1.82, 2.24) is 9.55 Å². The molecule has 1 aromatic carbocycles. The summed E-state index contributed by atoms with van der Waals surface area (Å²) in [5, 5.41) is 0. The van der Waals surface area contributed by atoms with Crippen LogP contribution in [0, 0.1) is 12.7 Å². The highest BCUT2D eigenvalue weighted by molar-refractivity contribution is 6.62. The largest absolute Gasteiger partial charge is 0.495 e. The van der Waals surface area contributed by atoms with Crippen LogP contribution in [0.25, 0.3) is 5.69 Å². The van der Waals surface area contributed by atoms with Crippen LogP contribution in [-0.4, -0.2) is 27.9 Å². The third-order valence-corrected chi connectivity index (χ3v) is 4.44. The number of hydrogen-bond acceptors (Lipinski definition) is 3. The molecule has 1 saturated heterocycles. The summed E-state index contributed by atoms with van der Waals surface area (Å²) in [5.41, 5.74) is 1.35. The van der Waals surface area contributed by atoms with Crippen LogP contribution in [0.1, 0.15) is 33.4 Å². The molecule has 6 heteroatoms. The maximum atomic E-state index is 14.0. The Bertz CT molecular complexity index is 696. The van der Waals surface area contributed by atoms with Gasteiger partial charge in [-0.05, 0) is 58.3 Å². The molecule has 0 amide bonds. The van der Waals surface area contributed by atoms with Crippen molar-refractivity contribution in [2.24, 2.45) is 0 Å². The van der Waals surface area contributed by atoms with Gasteiger partial charge in [-0.1, -0.05) is 0 Å². The normalized spacial score (nSPS) is 19.6. The van der Waals surface area contributed by atoms with Crippen LogP contribution >= 0.6 is 0 Å². The van der Waals surface area contributed by atoms with Crippen molar-refractivity contribution >= 4 is 12.6 Å². The fraction of sp³-hybridized carbons (Fsp3) is 0.438. The molecule has 0 atom stereocenters. The van der Waals surface area contributed by atoms with Crippen LogP contribution in [0.3, 0.4) is 0 Å². The second-order valence-electron chi connectivity index (χ2n) is 6.75. The van der Waals surface area contributed by atoms with E-state index in [1.54, 1.807) is 10.9 Å². The van der Waals surface area contributed by atoms with Gasteiger partial charge in [-0.15, -0.1) is 0 Å². The second-order valence-corrected chi connectivity index (χ2v) is 6.75. The molecule has 116 valence electrons. The van der Waals surface area contributed by atoms with Crippen LogP contribution in [0.15, 0.2) is 30.7 Å². The lowest BCUT2D eigenvalue weighted by molar-refractivity contribution is 0.00578. The third kappa shape index (κ3) is 2.57. The van der Waals surface area contributed by atoms with Gasteiger partial charge in [0.2, 0.25) is 0 Å². The van der Waals surface area contributed by atoms with E-state index in [1.165, 1.54) is 12.1 Å². The minimum atomic E-state index is -0.580. The number of halogens is 1. The van der Waals surface area contributed by atoms with Gasteiger partial charge < -0.3 is 13.9 Å². The van der Waals surface area contributed by atoms with Crippen LogP contribution < -0.4 is 5.46 Å². The summed E-state index contributed by atoms with van der Waals surface area (Å²) in [4.78, 5) is 4.17. The van der Waals surface area contributed by atoms with E-state index in [2.05, 4.69) is 4.98 Å². The lowest BCUT2D eigenvalue weighted by Crippen LogP contribution is -2.41. The fourth-order valence-electron chi connectivity index (χ4n) is 2.42. The Balaban J connectivity index is 1.98. The SMILES string of the molecule is Cc1cn(-c2cc(F)cc(B3OC(C)(C)C(C)(C)O3)c2)cn1. The third-order valence-electron chi connectivity index (χ3n) is 4.44. The molecule has 0 unspecified atom stereocenters. The minimum absolute atomic E-state index is 0.325. The predicted molar refractivity (Wildman–Crippen MR) is 84.0 cm³/mol. The van der Waals surface area contributed by atoms with Gasteiger partial charge >= 0.3 is 7.12 Å². The number of hydrogen-bond donors (Lipinski definition) is 0. The predicted octanol–water partition coefficient (Wildman–Crippen LogP) is 2.62. The van der Waals surface area contributed by atoms with Crippen molar-refractivity contribution in [2.45, 2.75) is 45.8 Å². The summed E-state index contributed by atoms with van der Waals surface area (Å²) in [5.74, 6) is -0.325. The smallest absolute Gasteiger partial charge is 0.399 e. The molecule has 22 heavy (non-hydrogen) atoms. The molecular weight excluding hydrogens is 282 g/mol. The van der Waals surface area contributed by atoms with E-state index >= 15 is 0 Å². The zero-order valence-corrected chi connectivity index (χ0v) is 13.6. The van der Waals surface area contributed by atoms with Crippen LogP contribution in [0.4, 0.5) is 4.39 Å². The molecule has 2 aromatic rings. The zero-order valence-electron chi connectivity index (χ0n) is 13.6. The minimum Gasteiger partial charge on any atom is -0.399 e. The van der Waals surface area contributed by atoms with Gasteiger partial charge in [0.05, 0.1) is 23.2 Å². The number of nitrogens with zero attached hydrogens (tertiary/aromatic N) is 2. The number of rotatable bonds is 2. The molecule has 4 nitrogen and oxygen atoms in total. The van der Waals surface area contributed by atoms with E-state index in [0.29, 0.717) is 11.2 Å². The van der Waals surface area contributed by atoms with Crippen molar-refractivity contribution < 1.29 is 13.7 Å². The lowest BCUT2D eigenvalue weighted by atomic mass is 9.79. The average molecular weight is 302 g/mol. The van der Waals surface area contributed by atoms with Crippen molar-refractivity contribution in [3.63, 3.8) is 0 Å². The van der Waals surface area contributed by atoms with E-state index in [9.17, 15) is 4.39 Å². The number of aryl methyl sites for hydroxylation is 1. The molecular formula is C16H20BFN2O2. The standard InChI is InChI=1S/C16H20BFN2O2/c1-11-9-20(10-19-11)14-7-12(6-13(18)8-14)17-21-15(2,3)16(4,5)22-17/h6-10H,1-5H3. The number of benzene rings is 1. The van der Waals surface area contributed by atoms with Crippen molar-refractivity contribution in [3.8, 4) is 5.69 Å². The van der Waals surface area contributed by atoms with E-state index in [-0.39, 0.29) is 5.82 Å². The highest BCUT2D eigenvalue weighted by Gasteiger charge is 2.51. The Kier molecular flexibility index (Phi) is 3.42. The summed E-state index contributed by atoms with van der Waals surface area (Å²) >= 11 is 0. The number of imidazole rings is 1. The Morgan fingerprint density at radius 1 is 1.09 bits per heavy atom. The number of aromatic nitrogens is 2. The van der Waals surface area contributed by atoms with Gasteiger partial charge in [-0.3, -0.25) is 0 Å². The lowest BCUT2D eigenvalue weighted by Gasteiger charge is -2.32. The highest BCUT2D eigenvalue weighted by Crippen LogP contribution is 2.36. The Labute approximate surface area is 130 Å². The Morgan fingerprint density at radius 3 is 2.27 bits per heavy atom. The van der Waals surface area contributed by atoms with Gasteiger partial charge in [0, 0.05) is 11.9 Å². The summed E-state index contributed by atoms with van der Waals surface area (Å²) in [6.07, 6.45) is 3.51. The first-order valence-corrected chi connectivity index (χ1v) is 7.35. The molecule has 0 aliphatic carbocycles. The molecule has 0 bridgehead atoms. The maximum Gasteiger partial charge on any atom is 0.495 e. The van der Waals surface area contributed by atoms with Crippen LogP contribution in [0.5, 0.6) is 0 Å². The quantitative estimate of drug-likeness (QED) is 0.800. The summed E-state index contributed by atoms with van der Waals surface area (Å²) in [6.45, 7) is 9.81. The van der Waals surface area contributed by atoms with Crippen LogP contribution in [-0.2, 0) is 9.31 Å². The molecule has 1 aliphatic rings. The van der Waals surface area contributed by atoms with Crippen molar-refractivity contribution in [2.75, 3.05) is 0 Å². The van der Waals surface area contributed by atoms with Crippen molar-refractivity contribution in [3.05, 3.63) is 42.2 Å². The zero-order chi connectivity index (χ0) is 16.1. The Morgan fingerprint density at radius 2 is 1.73 bits per heavy atom. The molecule has 0 N–H and O–H groups in total. The van der Waals surface area contributed by atoms with E-state index in [4.69, 9.17) is 9.31 Å². The monoisotopic (exact) mass is 302 g/mol. The maximum absolute atomic E-state index is 14.0. The fourth-order valence-corrected chi connectivity index (χ4v) is 2.42. The molecule has 0 spiro atoms. The van der Waals surface area contributed by atoms with Gasteiger partial charge in [0.1, 0.15) is 5.82 Å². The van der Waals surface area contributed by atoms with Crippen LogP contribution in [0.2, 0.25) is 0 Å². The molecule has 1 aromatic heterocycles. The first kappa shape index (κ1) is 15.2. The topological polar surface area (TPSA) is 36.3 Å². The van der Waals surface area contributed by atoms with E-state index in [0.717, 1.165) is 5.69 Å². The van der Waals surface area contributed by atoms with Gasteiger partial charge in [0.15, 0.2) is 0 Å². The van der Waals surface area contributed by atoms with Gasteiger partial charge in [0.25, 0.3) is 0 Å². The van der Waals surface area contributed by atoms with E-state index in [1.807, 2.05) is 46.9 Å². The summed E-state index contributed by atoms with van der Waals surface area (Å²) in [7, 11) is -0.580. The molecule has 2 heterocycles. The highest BCUT2D eigenvalue weighted by atomic mass is 19.1. The molecule has 3 rings (SSSR count). The Hall–Kier alpha value is -1.66. The van der Waals surface area contributed by atoms with Gasteiger partial charge in [-0.2, -0.15) is 0 Å². The average Bonchev–Trinajstić information content (AvgIpc) is 2.91. The summed E-state index contributed by atoms with van der Waals surface area (Å²) in [6, 6.07) is 4.79. The second kappa shape index (κ2) is 4.93. The summed E-state index contributed by atoms with van der Waals surface area (Å²) < 4.78 is 27.8. The molecule has 1 aliphatic heterocycles. The molecule has 0 radical (unpaired) electrons.